The van der Waals surface area contributed by atoms with Crippen molar-refractivity contribution in [3.63, 3.8) is 0 Å². The molecule has 0 saturated heterocycles. The molecule has 33 heavy (non-hydrogen) atoms. The number of primary amides is 1. The Labute approximate surface area is 200 Å². The minimum absolute atomic E-state index is 0.216. The van der Waals surface area contributed by atoms with E-state index in [0.29, 0.717) is 28.7 Å². The third-order valence-corrected chi connectivity index (χ3v) is 6.64. The highest BCUT2D eigenvalue weighted by atomic mass is 35.5. The number of carbonyl (C=O) groups excluding carboxylic acids is 2. The zero-order valence-corrected chi connectivity index (χ0v) is 19.7. The summed E-state index contributed by atoms with van der Waals surface area (Å²) in [7, 11) is 0. The largest absolute Gasteiger partial charge is 0.484 e. The SMILES string of the molecule is CCOC(=O)NC1C=Cn2c(-c3cc(OC(C)c4ccccc4Cl)c(C(N)=O)s3)cnc2C1. The summed E-state index contributed by atoms with van der Waals surface area (Å²) in [6.07, 6.45) is 5.10. The number of thiophene rings is 1. The van der Waals surface area contributed by atoms with Crippen LogP contribution >= 0.6 is 22.9 Å². The van der Waals surface area contributed by atoms with Gasteiger partial charge < -0.3 is 25.1 Å². The minimum Gasteiger partial charge on any atom is -0.484 e. The molecule has 1 aliphatic heterocycles. The van der Waals surface area contributed by atoms with Crippen molar-refractivity contribution in [1.82, 2.24) is 14.9 Å². The fourth-order valence-corrected chi connectivity index (χ4v) is 4.83. The Balaban J connectivity index is 1.59. The van der Waals surface area contributed by atoms with Gasteiger partial charge >= 0.3 is 6.09 Å². The molecule has 10 heteroatoms. The zero-order chi connectivity index (χ0) is 23.5. The molecular formula is C23H23ClN4O4S. The summed E-state index contributed by atoms with van der Waals surface area (Å²) < 4.78 is 13.0. The smallest absolute Gasteiger partial charge is 0.407 e. The number of ether oxygens (including phenoxy) is 2. The Kier molecular flexibility index (Phi) is 6.71. The number of carbonyl (C=O) groups is 2. The number of halogens is 1. The number of rotatable bonds is 7. The van der Waals surface area contributed by atoms with Gasteiger partial charge in [0.05, 0.1) is 29.4 Å². The van der Waals surface area contributed by atoms with Crippen molar-refractivity contribution in [1.29, 1.82) is 0 Å². The van der Waals surface area contributed by atoms with Crippen LogP contribution in [0.3, 0.4) is 0 Å². The van der Waals surface area contributed by atoms with E-state index < -0.39 is 12.0 Å². The molecule has 0 spiro atoms. The lowest BCUT2D eigenvalue weighted by Gasteiger charge is -2.19. The quantitative estimate of drug-likeness (QED) is 0.505. The number of aromatic nitrogens is 2. The average Bonchev–Trinajstić information content (AvgIpc) is 3.38. The molecule has 0 saturated carbocycles. The van der Waals surface area contributed by atoms with Crippen molar-refractivity contribution in [2.45, 2.75) is 32.4 Å². The van der Waals surface area contributed by atoms with E-state index in [1.807, 2.05) is 42.0 Å². The summed E-state index contributed by atoms with van der Waals surface area (Å²) in [6, 6.07) is 8.97. The van der Waals surface area contributed by atoms with Gasteiger partial charge in [0.1, 0.15) is 22.6 Å². The summed E-state index contributed by atoms with van der Waals surface area (Å²) >= 11 is 7.53. The van der Waals surface area contributed by atoms with Gasteiger partial charge in [-0.2, -0.15) is 0 Å². The van der Waals surface area contributed by atoms with Crippen LogP contribution in [0, 0.1) is 0 Å². The number of fused-ring (bicyclic) bond motifs is 1. The zero-order valence-electron chi connectivity index (χ0n) is 18.1. The van der Waals surface area contributed by atoms with Crippen LogP contribution in [0.1, 0.15) is 41.0 Å². The summed E-state index contributed by atoms with van der Waals surface area (Å²) in [6.45, 7) is 3.92. The summed E-state index contributed by atoms with van der Waals surface area (Å²) in [4.78, 5) is 29.4. The summed E-state index contributed by atoms with van der Waals surface area (Å²) in [5.74, 6) is 0.600. The molecule has 8 nitrogen and oxygen atoms in total. The van der Waals surface area contributed by atoms with Crippen LogP contribution in [0.5, 0.6) is 5.75 Å². The minimum atomic E-state index is -0.569. The monoisotopic (exact) mass is 486 g/mol. The molecule has 172 valence electrons. The second-order valence-corrected chi connectivity index (χ2v) is 8.86. The lowest BCUT2D eigenvalue weighted by molar-refractivity contribution is 0.0998. The number of nitrogens with one attached hydrogen (secondary N) is 1. The number of amides is 2. The molecule has 3 heterocycles. The molecule has 2 atom stereocenters. The molecular weight excluding hydrogens is 464 g/mol. The Morgan fingerprint density at radius 3 is 2.91 bits per heavy atom. The van der Waals surface area contributed by atoms with Gasteiger partial charge in [0, 0.05) is 29.3 Å². The highest BCUT2D eigenvalue weighted by Gasteiger charge is 2.24. The fraction of sp³-hybridized carbons (Fsp3) is 0.261. The number of nitrogens with two attached hydrogens (primary N) is 1. The average molecular weight is 487 g/mol. The Morgan fingerprint density at radius 1 is 1.39 bits per heavy atom. The maximum Gasteiger partial charge on any atom is 0.407 e. The van der Waals surface area contributed by atoms with E-state index in [1.165, 1.54) is 11.3 Å². The molecule has 1 aromatic carbocycles. The number of benzene rings is 1. The molecule has 3 N–H and O–H groups in total. The maximum absolute atomic E-state index is 12.1. The van der Waals surface area contributed by atoms with Crippen molar-refractivity contribution in [3.05, 3.63) is 63.9 Å². The van der Waals surface area contributed by atoms with Crippen molar-refractivity contribution < 1.29 is 19.1 Å². The lowest BCUT2D eigenvalue weighted by Crippen LogP contribution is -2.37. The first-order valence-corrected chi connectivity index (χ1v) is 11.6. The van der Waals surface area contributed by atoms with Gasteiger partial charge in [0.2, 0.25) is 0 Å². The number of alkyl carbamates (subject to hydrolysis) is 1. The van der Waals surface area contributed by atoms with Crippen LogP contribution in [0.2, 0.25) is 5.02 Å². The molecule has 0 fully saturated rings. The van der Waals surface area contributed by atoms with Crippen molar-refractivity contribution in [2.75, 3.05) is 6.61 Å². The van der Waals surface area contributed by atoms with Crippen molar-refractivity contribution >= 4 is 41.1 Å². The fourth-order valence-electron chi connectivity index (χ4n) is 3.60. The topological polar surface area (TPSA) is 108 Å². The van der Waals surface area contributed by atoms with E-state index in [-0.39, 0.29) is 12.1 Å². The molecule has 0 aliphatic carbocycles. The normalized spacial score (nSPS) is 15.5. The van der Waals surface area contributed by atoms with Gasteiger partial charge in [0.25, 0.3) is 5.91 Å². The summed E-state index contributed by atoms with van der Waals surface area (Å²) in [5, 5.41) is 3.37. The van der Waals surface area contributed by atoms with Gasteiger partial charge in [-0.3, -0.25) is 4.79 Å². The highest BCUT2D eigenvalue weighted by molar-refractivity contribution is 7.17. The first-order chi connectivity index (χ1) is 15.9. The molecule has 0 radical (unpaired) electrons. The first-order valence-electron chi connectivity index (χ1n) is 10.4. The Morgan fingerprint density at radius 2 is 2.18 bits per heavy atom. The second-order valence-electron chi connectivity index (χ2n) is 7.40. The lowest BCUT2D eigenvalue weighted by atomic mass is 10.1. The van der Waals surface area contributed by atoms with E-state index in [0.717, 1.165) is 22.0 Å². The standard InChI is InChI=1S/C23H23ClN4O4S/c1-3-31-23(30)27-14-8-9-28-17(12-26-20(28)10-14)19-11-18(21(33-19)22(25)29)32-13(2)15-6-4-5-7-16(15)24/h4-9,11-14H,3,10H2,1-2H3,(H2,25,29)(H,27,30). The molecule has 4 rings (SSSR count). The van der Waals surface area contributed by atoms with E-state index in [2.05, 4.69) is 10.3 Å². The third kappa shape index (κ3) is 4.89. The van der Waals surface area contributed by atoms with Gasteiger partial charge in [-0.1, -0.05) is 29.8 Å². The highest BCUT2D eigenvalue weighted by Crippen LogP contribution is 2.39. The number of hydrogen-bond acceptors (Lipinski definition) is 6. The Bertz CT molecular complexity index is 1220. The van der Waals surface area contributed by atoms with E-state index >= 15 is 0 Å². The Hall–Kier alpha value is -3.30. The first kappa shape index (κ1) is 22.9. The summed E-state index contributed by atoms with van der Waals surface area (Å²) in [5.41, 5.74) is 7.24. The second kappa shape index (κ2) is 9.68. The number of hydrogen-bond donors (Lipinski definition) is 2. The van der Waals surface area contributed by atoms with Crippen LogP contribution in [0.4, 0.5) is 4.79 Å². The molecule has 0 bridgehead atoms. The number of nitrogens with zero attached hydrogens (tertiary/aromatic N) is 2. The predicted molar refractivity (Wildman–Crippen MR) is 128 cm³/mol. The van der Waals surface area contributed by atoms with Crippen molar-refractivity contribution in [2.24, 2.45) is 5.73 Å². The third-order valence-electron chi connectivity index (χ3n) is 5.14. The number of imidazole rings is 1. The van der Waals surface area contributed by atoms with E-state index in [9.17, 15) is 9.59 Å². The maximum atomic E-state index is 12.1. The van der Waals surface area contributed by atoms with Gasteiger partial charge in [-0.25, -0.2) is 9.78 Å². The molecule has 1 aliphatic rings. The molecule has 2 amide bonds. The van der Waals surface area contributed by atoms with E-state index in [1.54, 1.807) is 25.3 Å². The van der Waals surface area contributed by atoms with Crippen LogP contribution in [-0.2, 0) is 11.2 Å². The molecule has 3 aromatic rings. The van der Waals surface area contributed by atoms with Crippen LogP contribution in [0.25, 0.3) is 16.8 Å². The van der Waals surface area contributed by atoms with Crippen molar-refractivity contribution in [3.8, 4) is 16.3 Å². The molecule has 2 unspecified atom stereocenters. The van der Waals surface area contributed by atoms with Gasteiger partial charge in [0.15, 0.2) is 0 Å². The van der Waals surface area contributed by atoms with Crippen LogP contribution < -0.4 is 15.8 Å². The van der Waals surface area contributed by atoms with Gasteiger partial charge in [-0.05, 0) is 26.0 Å². The van der Waals surface area contributed by atoms with Crippen LogP contribution in [-0.4, -0.2) is 34.2 Å². The van der Waals surface area contributed by atoms with Crippen LogP contribution in [0.15, 0.2) is 42.6 Å². The predicted octanol–water partition coefficient (Wildman–Crippen LogP) is 4.65. The van der Waals surface area contributed by atoms with Gasteiger partial charge in [-0.15, -0.1) is 11.3 Å². The molecule has 2 aromatic heterocycles. The van der Waals surface area contributed by atoms with E-state index in [4.69, 9.17) is 26.8 Å².